The van der Waals surface area contributed by atoms with Crippen molar-refractivity contribution in [3.63, 3.8) is 0 Å². The second-order valence-corrected chi connectivity index (χ2v) is 9.32. The molecular weight excluding hydrogens is 540 g/mol. The van der Waals surface area contributed by atoms with Crippen LogP contribution in [0.25, 0.3) is 0 Å². The lowest BCUT2D eigenvalue weighted by Crippen LogP contribution is -2.57. The number of aliphatic carboxylic acids is 1. The number of nitrogens with one attached hydrogen (secondary N) is 3. The molecule has 4 atom stereocenters. The van der Waals surface area contributed by atoms with Gasteiger partial charge >= 0.3 is 5.97 Å². The number of rotatable bonds is 22. The Morgan fingerprint density at radius 3 is 1.51 bits per heavy atom. The van der Waals surface area contributed by atoms with E-state index in [4.69, 9.17) is 40.1 Å². The van der Waals surface area contributed by atoms with Gasteiger partial charge in [0.15, 0.2) is 11.9 Å². The fourth-order valence-electron chi connectivity index (χ4n) is 3.55. The molecule has 0 radical (unpaired) electrons. The first-order chi connectivity index (χ1) is 19.3. The Morgan fingerprint density at radius 2 is 1.07 bits per heavy atom. The summed E-state index contributed by atoms with van der Waals surface area (Å²) < 4.78 is 0. The van der Waals surface area contributed by atoms with Crippen molar-refractivity contribution >= 4 is 41.5 Å². The highest BCUT2D eigenvalue weighted by Crippen LogP contribution is 2.07. The zero-order valence-electron chi connectivity index (χ0n) is 23.2. The van der Waals surface area contributed by atoms with Crippen LogP contribution in [0, 0.1) is 0 Å². The molecule has 0 aliphatic carbocycles. The standard InChI is InChI=1S/C23H46N12O6/c24-10-2-1-5-14(20(39)35-16(21(40)41)7-4-12-32-23(29)30)34-19(38)15(6-3-11-31-22(27)28)33-18(37)13(25)8-9-17(26)36/h13-16H,1-12,24-25H2,(H2,26,36)(H,33,37)(H,34,38)(H,35,39)(H,40,41)(H4,27,28,31)(H4,29,30,32). The van der Waals surface area contributed by atoms with E-state index in [0.717, 1.165) is 0 Å². The van der Waals surface area contributed by atoms with Gasteiger partial charge in [-0.25, -0.2) is 4.79 Å². The highest BCUT2D eigenvalue weighted by Gasteiger charge is 2.30. The van der Waals surface area contributed by atoms with Gasteiger partial charge in [0.05, 0.1) is 6.04 Å². The molecule has 18 heteroatoms. The van der Waals surface area contributed by atoms with Gasteiger partial charge in [-0.15, -0.1) is 0 Å². The molecule has 0 saturated carbocycles. The van der Waals surface area contributed by atoms with Crippen molar-refractivity contribution in [3.05, 3.63) is 0 Å². The van der Waals surface area contributed by atoms with Gasteiger partial charge in [-0.2, -0.15) is 0 Å². The number of nitrogens with zero attached hydrogens (tertiary/aromatic N) is 2. The predicted octanol–water partition coefficient (Wildman–Crippen LogP) is -4.65. The zero-order chi connectivity index (χ0) is 31.4. The van der Waals surface area contributed by atoms with Gasteiger partial charge in [-0.05, 0) is 57.9 Å². The Bertz CT molecular complexity index is 921. The first-order valence-electron chi connectivity index (χ1n) is 13.3. The average molecular weight is 587 g/mol. The quantitative estimate of drug-likeness (QED) is 0.0324. The largest absolute Gasteiger partial charge is 0.480 e. The van der Waals surface area contributed by atoms with Crippen LogP contribution in [0.1, 0.15) is 57.8 Å². The first kappa shape index (κ1) is 36.8. The number of amides is 4. The van der Waals surface area contributed by atoms with E-state index in [1.54, 1.807) is 0 Å². The number of carbonyl (C=O) groups is 5. The number of guanidine groups is 2. The predicted molar refractivity (Wildman–Crippen MR) is 153 cm³/mol. The summed E-state index contributed by atoms with van der Waals surface area (Å²) in [6.07, 6.45) is 1.67. The summed E-state index contributed by atoms with van der Waals surface area (Å²) in [5.74, 6) is -4.34. The Kier molecular flexibility index (Phi) is 18.6. The molecule has 18 N–H and O–H groups in total. The lowest BCUT2D eigenvalue weighted by molar-refractivity contribution is -0.142. The van der Waals surface area contributed by atoms with Gasteiger partial charge in [0.2, 0.25) is 23.6 Å². The second-order valence-electron chi connectivity index (χ2n) is 9.32. The summed E-state index contributed by atoms with van der Waals surface area (Å²) >= 11 is 0. The van der Waals surface area contributed by atoms with Crippen molar-refractivity contribution in [2.24, 2.45) is 50.1 Å². The van der Waals surface area contributed by atoms with Gasteiger partial charge in [-0.1, -0.05) is 0 Å². The number of aliphatic imine (C=N–C) groups is 2. The van der Waals surface area contributed by atoms with E-state index in [0.29, 0.717) is 19.4 Å². The summed E-state index contributed by atoms with van der Waals surface area (Å²) in [6, 6.07) is -4.65. The maximum absolute atomic E-state index is 13.3. The third-order valence-electron chi connectivity index (χ3n) is 5.76. The topological polar surface area (TPSA) is 349 Å². The van der Waals surface area contributed by atoms with Crippen molar-refractivity contribution in [2.45, 2.75) is 82.0 Å². The zero-order valence-corrected chi connectivity index (χ0v) is 23.2. The molecule has 0 aliphatic rings. The number of unbranched alkanes of at least 4 members (excludes halogenated alkanes) is 1. The molecule has 234 valence electrons. The highest BCUT2D eigenvalue weighted by molar-refractivity contribution is 5.94. The minimum Gasteiger partial charge on any atom is -0.480 e. The minimum atomic E-state index is -1.27. The van der Waals surface area contributed by atoms with Crippen LogP contribution >= 0.6 is 0 Å². The van der Waals surface area contributed by atoms with Gasteiger partial charge < -0.3 is 61.2 Å². The van der Waals surface area contributed by atoms with E-state index in [2.05, 4.69) is 25.9 Å². The Labute approximate surface area is 238 Å². The first-order valence-corrected chi connectivity index (χ1v) is 13.3. The number of primary amides is 1. The molecule has 0 aromatic heterocycles. The summed E-state index contributed by atoms with van der Waals surface area (Å²) in [7, 11) is 0. The Balaban J connectivity index is 5.65. The van der Waals surface area contributed by atoms with Crippen LogP contribution in [0.15, 0.2) is 9.98 Å². The van der Waals surface area contributed by atoms with Gasteiger partial charge in [-0.3, -0.25) is 29.2 Å². The minimum absolute atomic E-state index is 0.0343. The van der Waals surface area contributed by atoms with E-state index in [-0.39, 0.29) is 70.0 Å². The number of carboxylic acids is 1. The number of nitrogens with two attached hydrogens (primary N) is 7. The monoisotopic (exact) mass is 586 g/mol. The van der Waals surface area contributed by atoms with Gasteiger partial charge in [0, 0.05) is 19.5 Å². The summed E-state index contributed by atoms with van der Waals surface area (Å²) in [6.45, 7) is 0.676. The summed E-state index contributed by atoms with van der Waals surface area (Å²) in [5.41, 5.74) is 37.7. The van der Waals surface area contributed by atoms with Crippen LogP contribution < -0.4 is 56.1 Å². The third-order valence-corrected chi connectivity index (χ3v) is 5.76. The summed E-state index contributed by atoms with van der Waals surface area (Å²) in [5, 5.41) is 17.1. The third kappa shape index (κ3) is 17.9. The number of hydrogen-bond donors (Lipinski definition) is 11. The molecule has 0 fully saturated rings. The van der Waals surface area contributed by atoms with Crippen molar-refractivity contribution in [2.75, 3.05) is 19.6 Å². The maximum Gasteiger partial charge on any atom is 0.326 e. The second kappa shape index (κ2) is 20.7. The molecule has 41 heavy (non-hydrogen) atoms. The number of carbonyl (C=O) groups excluding carboxylic acids is 4. The Hall–Kier alpha value is -4.19. The van der Waals surface area contributed by atoms with Crippen LogP contribution in [0.4, 0.5) is 0 Å². The summed E-state index contributed by atoms with van der Waals surface area (Å²) in [4.78, 5) is 69.3. The van der Waals surface area contributed by atoms with Crippen LogP contribution in [0.3, 0.4) is 0 Å². The molecule has 0 spiro atoms. The smallest absolute Gasteiger partial charge is 0.326 e. The van der Waals surface area contributed by atoms with Crippen LogP contribution in [0.5, 0.6) is 0 Å². The van der Waals surface area contributed by atoms with Crippen molar-refractivity contribution in [3.8, 4) is 0 Å². The van der Waals surface area contributed by atoms with Crippen molar-refractivity contribution < 1.29 is 29.1 Å². The van der Waals surface area contributed by atoms with Crippen LogP contribution in [-0.2, 0) is 24.0 Å². The molecule has 0 aliphatic heterocycles. The SMILES string of the molecule is NCCCCC(NC(=O)C(CCCN=C(N)N)NC(=O)C(N)CCC(N)=O)C(=O)NC(CCCN=C(N)N)C(=O)O. The maximum atomic E-state index is 13.3. The van der Waals surface area contributed by atoms with Crippen LogP contribution in [0.2, 0.25) is 0 Å². The fourth-order valence-corrected chi connectivity index (χ4v) is 3.55. The molecule has 0 aromatic rings. The highest BCUT2D eigenvalue weighted by atomic mass is 16.4. The van der Waals surface area contributed by atoms with E-state index in [1.165, 1.54) is 0 Å². The van der Waals surface area contributed by atoms with Crippen molar-refractivity contribution in [1.82, 2.24) is 16.0 Å². The molecule has 0 bridgehead atoms. The normalized spacial score (nSPS) is 13.5. The molecule has 0 aromatic carbocycles. The van der Waals surface area contributed by atoms with Gasteiger partial charge in [0.1, 0.15) is 18.1 Å². The van der Waals surface area contributed by atoms with Crippen LogP contribution in [-0.4, -0.2) is 90.4 Å². The molecule has 4 unspecified atom stereocenters. The number of carboxylic acid groups (broad SMARTS) is 1. The van der Waals surface area contributed by atoms with Gasteiger partial charge in [0.25, 0.3) is 0 Å². The molecule has 0 saturated heterocycles. The molecule has 0 rings (SSSR count). The Morgan fingerprint density at radius 1 is 0.634 bits per heavy atom. The van der Waals surface area contributed by atoms with E-state index < -0.39 is 53.8 Å². The van der Waals surface area contributed by atoms with E-state index in [9.17, 15) is 29.1 Å². The van der Waals surface area contributed by atoms with E-state index >= 15 is 0 Å². The molecule has 18 nitrogen and oxygen atoms in total. The lowest BCUT2D eigenvalue weighted by atomic mass is 10.0. The fraction of sp³-hybridized carbons (Fsp3) is 0.696. The lowest BCUT2D eigenvalue weighted by Gasteiger charge is -2.25. The molecular formula is C23H46N12O6. The molecule has 0 heterocycles. The number of hydrogen-bond acceptors (Lipinski definition) is 9. The average Bonchev–Trinajstić information content (AvgIpc) is 2.89. The van der Waals surface area contributed by atoms with Crippen molar-refractivity contribution in [1.29, 1.82) is 0 Å². The molecule has 4 amide bonds. The van der Waals surface area contributed by atoms with E-state index in [1.807, 2.05) is 0 Å².